The summed E-state index contributed by atoms with van der Waals surface area (Å²) in [5.41, 5.74) is 7.04. The van der Waals surface area contributed by atoms with Crippen LogP contribution >= 0.6 is 0 Å². The highest BCUT2D eigenvalue weighted by Gasteiger charge is 2.30. The van der Waals surface area contributed by atoms with Gasteiger partial charge in [0, 0.05) is 38.6 Å². The van der Waals surface area contributed by atoms with Crippen LogP contribution in [0.5, 0.6) is 0 Å². The molecule has 1 amide bonds. The van der Waals surface area contributed by atoms with Crippen LogP contribution in [0.25, 0.3) is 0 Å². The van der Waals surface area contributed by atoms with Crippen molar-refractivity contribution in [1.29, 1.82) is 0 Å². The molecule has 2 aromatic carbocycles. The Morgan fingerprint density at radius 1 is 0.923 bits per heavy atom. The van der Waals surface area contributed by atoms with E-state index in [4.69, 9.17) is 5.73 Å². The average molecular weight is 373 g/mol. The Balaban J connectivity index is 1.57. The molecular weight excluding hydrogens is 350 g/mol. The lowest BCUT2D eigenvalue weighted by atomic mass is 10.0. The summed E-state index contributed by atoms with van der Waals surface area (Å²) in [5.74, 6) is -0.0434. The van der Waals surface area contributed by atoms with Gasteiger partial charge in [0.25, 0.3) is 0 Å². The van der Waals surface area contributed by atoms with E-state index in [1.54, 1.807) is 35.2 Å². The van der Waals surface area contributed by atoms with E-state index in [1.165, 1.54) is 4.31 Å². The predicted molar refractivity (Wildman–Crippen MR) is 99.8 cm³/mol. The summed E-state index contributed by atoms with van der Waals surface area (Å²) in [4.78, 5) is 14.5. The molecule has 6 nitrogen and oxygen atoms in total. The van der Waals surface area contributed by atoms with Crippen molar-refractivity contribution in [3.8, 4) is 0 Å². The molecule has 0 aliphatic carbocycles. The molecule has 0 bridgehead atoms. The fraction of sp³-hybridized carbons (Fsp3) is 0.316. The summed E-state index contributed by atoms with van der Waals surface area (Å²) in [5, 5.41) is 0. The van der Waals surface area contributed by atoms with Crippen molar-refractivity contribution in [3.05, 3.63) is 66.2 Å². The fourth-order valence-corrected chi connectivity index (χ4v) is 4.50. The first kappa shape index (κ1) is 18.6. The van der Waals surface area contributed by atoms with Crippen molar-refractivity contribution in [1.82, 2.24) is 9.21 Å². The zero-order chi connectivity index (χ0) is 18.6. The van der Waals surface area contributed by atoms with Gasteiger partial charge in [0.1, 0.15) is 0 Å². The normalized spacial score (nSPS) is 17.0. The Morgan fingerprint density at radius 2 is 1.46 bits per heavy atom. The van der Waals surface area contributed by atoms with Crippen LogP contribution in [0.3, 0.4) is 0 Å². The largest absolute Gasteiger partial charge is 0.340 e. The zero-order valence-electron chi connectivity index (χ0n) is 14.5. The minimum absolute atomic E-state index is 0.0434. The highest BCUT2D eigenvalue weighted by molar-refractivity contribution is 7.89. The van der Waals surface area contributed by atoms with E-state index >= 15 is 0 Å². The second-order valence-electron chi connectivity index (χ2n) is 6.32. The third-order valence-corrected chi connectivity index (χ3v) is 6.51. The summed E-state index contributed by atoms with van der Waals surface area (Å²) >= 11 is 0. The predicted octanol–water partition coefficient (Wildman–Crippen LogP) is 1.61. The van der Waals surface area contributed by atoms with Crippen molar-refractivity contribution in [2.45, 2.75) is 17.4 Å². The molecule has 0 spiro atoms. The molecule has 0 radical (unpaired) electrons. The lowest BCUT2D eigenvalue weighted by molar-refractivity contribution is -0.132. The lowest BCUT2D eigenvalue weighted by Gasteiger charge is -2.34. The highest BCUT2D eigenvalue weighted by atomic mass is 32.2. The summed E-state index contributed by atoms with van der Waals surface area (Å²) in [6.45, 7) is 1.35. The van der Waals surface area contributed by atoms with E-state index in [1.807, 2.05) is 30.3 Å². The molecule has 0 saturated carbocycles. The second kappa shape index (κ2) is 7.99. The fourth-order valence-electron chi connectivity index (χ4n) is 3.05. The summed E-state index contributed by atoms with van der Waals surface area (Å²) in [7, 11) is -3.51. The molecule has 2 N–H and O–H groups in total. The average Bonchev–Trinajstić information content (AvgIpc) is 2.69. The molecule has 1 saturated heterocycles. The number of nitrogens with zero attached hydrogens (tertiary/aromatic N) is 2. The molecule has 1 aliphatic heterocycles. The third-order valence-electron chi connectivity index (χ3n) is 4.59. The van der Waals surface area contributed by atoms with Crippen molar-refractivity contribution in [3.63, 3.8) is 0 Å². The number of sulfonamides is 1. The number of hydrogen-bond donors (Lipinski definition) is 1. The molecule has 1 aliphatic rings. The molecule has 2 aromatic rings. The number of hydrogen-bond acceptors (Lipinski definition) is 4. The summed E-state index contributed by atoms with van der Waals surface area (Å²) < 4.78 is 26.7. The minimum atomic E-state index is -3.51. The van der Waals surface area contributed by atoms with E-state index in [9.17, 15) is 13.2 Å². The van der Waals surface area contributed by atoms with Crippen molar-refractivity contribution in [2.75, 3.05) is 26.2 Å². The van der Waals surface area contributed by atoms with Gasteiger partial charge < -0.3 is 10.6 Å². The van der Waals surface area contributed by atoms with Crippen LogP contribution < -0.4 is 5.73 Å². The van der Waals surface area contributed by atoms with Gasteiger partial charge in [-0.2, -0.15) is 4.31 Å². The SMILES string of the molecule is NC(CC(=O)N1CCN(S(=O)(=O)c2ccccc2)CC1)c1ccccc1. The summed E-state index contributed by atoms with van der Waals surface area (Å²) in [6.07, 6.45) is 0.218. The number of rotatable bonds is 5. The smallest absolute Gasteiger partial charge is 0.243 e. The van der Waals surface area contributed by atoms with Crippen LogP contribution in [-0.2, 0) is 14.8 Å². The number of carbonyl (C=O) groups excluding carboxylic acids is 1. The van der Waals surface area contributed by atoms with Gasteiger partial charge in [0.2, 0.25) is 15.9 Å². The maximum Gasteiger partial charge on any atom is 0.243 e. The second-order valence-corrected chi connectivity index (χ2v) is 8.26. The van der Waals surface area contributed by atoms with E-state index in [0.717, 1.165) is 5.56 Å². The maximum atomic E-state index is 12.6. The van der Waals surface area contributed by atoms with Gasteiger partial charge in [-0.05, 0) is 17.7 Å². The number of amides is 1. The Bertz CT molecular complexity index is 833. The van der Waals surface area contributed by atoms with Gasteiger partial charge in [-0.3, -0.25) is 4.79 Å². The van der Waals surface area contributed by atoms with Gasteiger partial charge in [-0.1, -0.05) is 48.5 Å². The Labute approximate surface area is 154 Å². The van der Waals surface area contributed by atoms with Gasteiger partial charge in [-0.15, -0.1) is 0 Å². The molecule has 0 aromatic heterocycles. The van der Waals surface area contributed by atoms with Crippen LogP contribution in [-0.4, -0.2) is 49.7 Å². The van der Waals surface area contributed by atoms with Gasteiger partial charge in [0.05, 0.1) is 4.90 Å². The molecule has 1 fully saturated rings. The zero-order valence-corrected chi connectivity index (χ0v) is 15.3. The topological polar surface area (TPSA) is 83.7 Å². The summed E-state index contributed by atoms with van der Waals surface area (Å²) in [6, 6.07) is 17.5. The monoisotopic (exact) mass is 373 g/mol. The number of carbonyl (C=O) groups is 1. The first-order valence-electron chi connectivity index (χ1n) is 8.62. The first-order chi connectivity index (χ1) is 12.5. The van der Waals surface area contributed by atoms with Crippen LogP contribution in [0.1, 0.15) is 18.0 Å². The number of nitrogens with two attached hydrogens (primary N) is 1. The Hall–Kier alpha value is -2.22. The van der Waals surface area contributed by atoms with Crippen molar-refractivity contribution < 1.29 is 13.2 Å². The first-order valence-corrected chi connectivity index (χ1v) is 10.1. The van der Waals surface area contributed by atoms with Crippen LogP contribution in [0.4, 0.5) is 0 Å². The number of benzene rings is 2. The van der Waals surface area contributed by atoms with E-state index < -0.39 is 10.0 Å². The maximum absolute atomic E-state index is 12.6. The molecule has 3 rings (SSSR count). The Morgan fingerprint density at radius 3 is 2.04 bits per heavy atom. The van der Waals surface area contributed by atoms with Crippen LogP contribution in [0.2, 0.25) is 0 Å². The number of piperazine rings is 1. The molecule has 138 valence electrons. The molecule has 26 heavy (non-hydrogen) atoms. The van der Waals surface area contributed by atoms with E-state index in [0.29, 0.717) is 26.2 Å². The lowest BCUT2D eigenvalue weighted by Crippen LogP contribution is -2.50. The van der Waals surface area contributed by atoms with Crippen LogP contribution in [0.15, 0.2) is 65.6 Å². The Kier molecular flexibility index (Phi) is 5.70. The molecule has 1 atom stereocenters. The van der Waals surface area contributed by atoms with Crippen molar-refractivity contribution >= 4 is 15.9 Å². The van der Waals surface area contributed by atoms with E-state index in [2.05, 4.69) is 0 Å². The highest BCUT2D eigenvalue weighted by Crippen LogP contribution is 2.19. The van der Waals surface area contributed by atoms with Gasteiger partial charge in [-0.25, -0.2) is 8.42 Å². The van der Waals surface area contributed by atoms with Crippen molar-refractivity contribution in [2.24, 2.45) is 5.73 Å². The minimum Gasteiger partial charge on any atom is -0.340 e. The molecule has 1 heterocycles. The van der Waals surface area contributed by atoms with E-state index in [-0.39, 0.29) is 23.3 Å². The van der Waals surface area contributed by atoms with Crippen LogP contribution in [0, 0.1) is 0 Å². The third kappa shape index (κ3) is 4.12. The quantitative estimate of drug-likeness (QED) is 0.863. The molecular formula is C19H23N3O3S. The van der Waals surface area contributed by atoms with Gasteiger partial charge in [0.15, 0.2) is 0 Å². The molecule has 7 heteroatoms. The van der Waals surface area contributed by atoms with Gasteiger partial charge >= 0.3 is 0 Å². The standard InChI is InChI=1S/C19H23N3O3S/c20-18(16-7-3-1-4-8-16)15-19(23)21-11-13-22(14-12-21)26(24,25)17-9-5-2-6-10-17/h1-10,18H,11-15,20H2. The molecule has 1 unspecified atom stereocenters.